The molecule has 0 saturated carbocycles. The predicted octanol–water partition coefficient (Wildman–Crippen LogP) is 3.30. The van der Waals surface area contributed by atoms with Gasteiger partial charge in [0.1, 0.15) is 24.9 Å². The molecule has 0 aromatic heterocycles. The number of carbonyl (C=O) groups is 1. The van der Waals surface area contributed by atoms with Gasteiger partial charge < -0.3 is 24.4 Å². The van der Waals surface area contributed by atoms with Crippen LogP contribution >= 0.6 is 0 Å². The molecule has 0 spiro atoms. The number of ether oxygens (including phenoxy) is 3. The molecule has 2 N–H and O–H groups in total. The number of halogens is 4. The Labute approximate surface area is 184 Å². The van der Waals surface area contributed by atoms with E-state index in [1.54, 1.807) is 37.3 Å². The van der Waals surface area contributed by atoms with Crippen molar-refractivity contribution in [2.75, 3.05) is 19.8 Å². The van der Waals surface area contributed by atoms with Gasteiger partial charge in [-0.3, -0.25) is 0 Å². The van der Waals surface area contributed by atoms with Crippen LogP contribution in [0.1, 0.15) is 37.6 Å². The molecule has 0 bridgehead atoms. The van der Waals surface area contributed by atoms with E-state index < -0.39 is 60.7 Å². The standard InChI is InChI=1S/C15H18F2O3.C7H12F2O3/c1-3-15(16,17)13-10(2)12(9-19-13)20-14(18)11-7-5-4-6-8-11;1-4-5(11)2-12-6(4)7(8,9)3-10/h4-8,10,12-13H,3,9H2,1-2H3;4-6,10-11H,2-3H2,1H3/t10-,12+,13+;4-,5+,6+/m11/s1. The van der Waals surface area contributed by atoms with Crippen LogP contribution in [0.4, 0.5) is 17.6 Å². The minimum Gasteiger partial charge on any atom is -0.456 e. The molecular weight excluding hydrogens is 436 g/mol. The maximum absolute atomic E-state index is 13.7. The Morgan fingerprint density at radius 3 is 2.09 bits per heavy atom. The first-order chi connectivity index (χ1) is 14.9. The van der Waals surface area contributed by atoms with Crippen molar-refractivity contribution in [1.82, 2.24) is 0 Å². The third-order valence-electron chi connectivity index (χ3n) is 5.82. The normalized spacial score (nSPS) is 30.5. The van der Waals surface area contributed by atoms with Gasteiger partial charge in [0.05, 0.1) is 24.9 Å². The molecule has 2 fully saturated rings. The number of hydrogen-bond donors (Lipinski definition) is 2. The van der Waals surface area contributed by atoms with E-state index in [-0.39, 0.29) is 19.6 Å². The van der Waals surface area contributed by atoms with Gasteiger partial charge in [-0.05, 0) is 12.1 Å². The summed E-state index contributed by atoms with van der Waals surface area (Å²) < 4.78 is 68.0. The van der Waals surface area contributed by atoms with Crippen LogP contribution < -0.4 is 0 Å². The average Bonchev–Trinajstić information content (AvgIpc) is 3.32. The molecule has 0 unspecified atom stereocenters. The van der Waals surface area contributed by atoms with Gasteiger partial charge in [0.15, 0.2) is 0 Å². The van der Waals surface area contributed by atoms with Gasteiger partial charge in [0.2, 0.25) is 0 Å². The molecule has 2 saturated heterocycles. The Balaban J connectivity index is 0.000000258. The SMILES string of the molecule is CCC(F)(F)[C@H]1OC[C@H](OC(=O)c2ccccc2)[C@H]1C.C[C@@H]1[C@@H](O)CO[C@@H]1C(F)(F)CO. The van der Waals surface area contributed by atoms with E-state index >= 15 is 0 Å². The second-order valence-corrected chi connectivity index (χ2v) is 8.14. The zero-order valence-electron chi connectivity index (χ0n) is 18.2. The molecular formula is C22H30F4O6. The summed E-state index contributed by atoms with van der Waals surface area (Å²) in [4.78, 5) is 11.9. The molecule has 2 aliphatic heterocycles. The highest BCUT2D eigenvalue weighted by molar-refractivity contribution is 5.89. The summed E-state index contributed by atoms with van der Waals surface area (Å²) in [6, 6.07) is 8.48. The lowest BCUT2D eigenvalue weighted by atomic mass is 9.95. The molecule has 2 heterocycles. The van der Waals surface area contributed by atoms with Crippen LogP contribution in [0.5, 0.6) is 0 Å². The van der Waals surface area contributed by atoms with Crippen LogP contribution in [0.2, 0.25) is 0 Å². The summed E-state index contributed by atoms with van der Waals surface area (Å²) >= 11 is 0. The second kappa shape index (κ2) is 10.9. The number of carbonyl (C=O) groups excluding carboxylic acids is 1. The number of esters is 1. The molecule has 6 atom stereocenters. The van der Waals surface area contributed by atoms with Gasteiger partial charge >= 0.3 is 5.97 Å². The quantitative estimate of drug-likeness (QED) is 0.494. The van der Waals surface area contributed by atoms with Crippen molar-refractivity contribution in [2.45, 2.75) is 63.5 Å². The highest BCUT2D eigenvalue weighted by atomic mass is 19.3. The van der Waals surface area contributed by atoms with Crippen LogP contribution in [0.15, 0.2) is 30.3 Å². The van der Waals surface area contributed by atoms with E-state index in [1.807, 2.05) is 0 Å². The van der Waals surface area contributed by atoms with Crippen molar-refractivity contribution in [1.29, 1.82) is 0 Å². The minimum absolute atomic E-state index is 0.0139. The van der Waals surface area contributed by atoms with E-state index in [4.69, 9.17) is 19.7 Å². The number of hydrogen-bond acceptors (Lipinski definition) is 6. The fraction of sp³-hybridized carbons (Fsp3) is 0.682. The van der Waals surface area contributed by atoms with E-state index in [2.05, 4.69) is 4.74 Å². The summed E-state index contributed by atoms with van der Waals surface area (Å²) in [5, 5.41) is 17.4. The Hall–Kier alpha value is -1.75. The molecule has 6 nitrogen and oxygen atoms in total. The molecule has 2 aliphatic rings. The number of rotatable bonds is 6. The Kier molecular flexibility index (Phi) is 9.04. The highest BCUT2D eigenvalue weighted by Crippen LogP contribution is 2.37. The van der Waals surface area contributed by atoms with Gasteiger partial charge in [-0.2, -0.15) is 0 Å². The summed E-state index contributed by atoms with van der Waals surface area (Å²) in [7, 11) is 0. The van der Waals surface area contributed by atoms with Gasteiger partial charge in [-0.15, -0.1) is 0 Å². The summed E-state index contributed by atoms with van der Waals surface area (Å²) in [6.07, 6.45) is -4.34. The van der Waals surface area contributed by atoms with Crippen LogP contribution in [0.25, 0.3) is 0 Å². The number of benzene rings is 1. The van der Waals surface area contributed by atoms with Crippen molar-refractivity contribution >= 4 is 5.97 Å². The molecule has 182 valence electrons. The molecule has 0 aliphatic carbocycles. The molecule has 0 radical (unpaired) electrons. The van der Waals surface area contributed by atoms with Crippen LogP contribution in [0, 0.1) is 11.8 Å². The van der Waals surface area contributed by atoms with E-state index in [9.17, 15) is 22.4 Å². The number of aliphatic hydroxyl groups is 2. The number of alkyl halides is 4. The highest BCUT2D eigenvalue weighted by Gasteiger charge is 2.50. The third-order valence-corrected chi connectivity index (χ3v) is 5.82. The molecule has 10 heteroatoms. The zero-order chi connectivity index (χ0) is 24.1. The van der Waals surface area contributed by atoms with E-state index in [0.717, 1.165) is 0 Å². The lowest BCUT2D eigenvalue weighted by Gasteiger charge is -2.25. The maximum Gasteiger partial charge on any atom is 0.338 e. The van der Waals surface area contributed by atoms with E-state index in [0.29, 0.717) is 5.56 Å². The van der Waals surface area contributed by atoms with Crippen molar-refractivity contribution < 1.29 is 46.8 Å². The average molecular weight is 466 g/mol. The van der Waals surface area contributed by atoms with Gasteiger partial charge in [-0.25, -0.2) is 22.4 Å². The molecule has 32 heavy (non-hydrogen) atoms. The van der Waals surface area contributed by atoms with Crippen molar-refractivity contribution in [2.24, 2.45) is 11.8 Å². The maximum atomic E-state index is 13.7. The second-order valence-electron chi connectivity index (χ2n) is 8.14. The fourth-order valence-electron chi connectivity index (χ4n) is 3.63. The lowest BCUT2D eigenvalue weighted by molar-refractivity contribution is -0.151. The Bertz CT molecular complexity index is 732. The fourth-order valence-corrected chi connectivity index (χ4v) is 3.63. The first kappa shape index (κ1) is 26.5. The van der Waals surface area contributed by atoms with Crippen molar-refractivity contribution in [3.05, 3.63) is 35.9 Å². The molecule has 1 aromatic rings. The molecule has 0 amide bonds. The summed E-state index contributed by atoms with van der Waals surface area (Å²) in [6.45, 7) is 3.21. The van der Waals surface area contributed by atoms with Crippen LogP contribution in [-0.4, -0.2) is 72.3 Å². The summed E-state index contributed by atoms with van der Waals surface area (Å²) in [5.74, 6) is -7.82. The Morgan fingerprint density at radius 2 is 1.59 bits per heavy atom. The first-order valence-electron chi connectivity index (χ1n) is 10.5. The molecule has 1 aromatic carbocycles. The number of aliphatic hydroxyl groups excluding tert-OH is 2. The largest absolute Gasteiger partial charge is 0.456 e. The smallest absolute Gasteiger partial charge is 0.338 e. The Morgan fingerprint density at radius 1 is 1.03 bits per heavy atom. The van der Waals surface area contributed by atoms with Gasteiger partial charge in [-0.1, -0.05) is 39.0 Å². The van der Waals surface area contributed by atoms with Crippen molar-refractivity contribution in [3.8, 4) is 0 Å². The van der Waals surface area contributed by atoms with Gasteiger partial charge in [0, 0.05) is 18.3 Å². The zero-order valence-corrected chi connectivity index (χ0v) is 18.2. The van der Waals surface area contributed by atoms with Gasteiger partial charge in [0.25, 0.3) is 11.8 Å². The van der Waals surface area contributed by atoms with Crippen molar-refractivity contribution in [3.63, 3.8) is 0 Å². The predicted molar refractivity (Wildman–Crippen MR) is 107 cm³/mol. The van der Waals surface area contributed by atoms with Crippen LogP contribution in [0.3, 0.4) is 0 Å². The molecule has 3 rings (SSSR count). The topological polar surface area (TPSA) is 85.2 Å². The first-order valence-corrected chi connectivity index (χ1v) is 10.5. The minimum atomic E-state index is -3.25. The van der Waals surface area contributed by atoms with E-state index in [1.165, 1.54) is 13.8 Å². The van der Waals surface area contributed by atoms with Crippen LogP contribution in [-0.2, 0) is 14.2 Å². The summed E-state index contributed by atoms with van der Waals surface area (Å²) in [5.41, 5.74) is 0.408. The lowest BCUT2D eigenvalue weighted by Crippen LogP contribution is -2.41. The monoisotopic (exact) mass is 466 g/mol. The third kappa shape index (κ3) is 6.18.